The molecule has 30 heavy (non-hydrogen) atoms. The zero-order chi connectivity index (χ0) is 21.2. The number of rotatable bonds is 5. The summed E-state index contributed by atoms with van der Waals surface area (Å²) in [6.45, 7) is 6.17. The molecule has 0 spiro atoms. The molecule has 0 amide bonds. The van der Waals surface area contributed by atoms with Gasteiger partial charge in [0.1, 0.15) is 4.90 Å². The molecule has 0 aliphatic carbocycles. The lowest BCUT2D eigenvalue weighted by atomic mass is 10.2. The van der Waals surface area contributed by atoms with Gasteiger partial charge in [0.25, 0.3) is 5.69 Å². The molecule has 164 valence electrons. The van der Waals surface area contributed by atoms with Crippen LogP contribution in [0.4, 0.5) is 5.69 Å². The first-order valence-electron chi connectivity index (χ1n) is 9.41. The van der Waals surface area contributed by atoms with E-state index in [1.54, 1.807) is 6.07 Å². The number of halogens is 1. The third-order valence-electron chi connectivity index (χ3n) is 5.00. The number of likely N-dealkylation sites (N-methyl/N-ethyl adjacent to an activating group) is 1. The molecule has 2 aromatic carbocycles. The largest absolute Gasteiger partial charge is 0.305 e. The van der Waals surface area contributed by atoms with Crippen molar-refractivity contribution in [2.45, 2.75) is 35.0 Å². The summed E-state index contributed by atoms with van der Waals surface area (Å²) in [5.41, 5.74) is 1.87. The average molecular weight is 472 g/mol. The molecule has 1 saturated heterocycles. The van der Waals surface area contributed by atoms with Gasteiger partial charge in [0.15, 0.2) is 0 Å². The van der Waals surface area contributed by atoms with Crippen LogP contribution in [0.1, 0.15) is 17.5 Å². The van der Waals surface area contributed by atoms with E-state index in [2.05, 4.69) is 4.90 Å². The molecule has 1 aliphatic heterocycles. The van der Waals surface area contributed by atoms with Gasteiger partial charge in [-0.25, -0.2) is 8.42 Å². The number of aryl methyl sites for hydroxylation is 2. The van der Waals surface area contributed by atoms with Crippen LogP contribution in [0.2, 0.25) is 0 Å². The molecule has 7 nitrogen and oxygen atoms in total. The van der Waals surface area contributed by atoms with Crippen LogP contribution < -0.4 is 0 Å². The standard InChI is InChI=1S/C20H25N3O4S2.ClH/c1-15-5-6-16(2)19(13-15)28-18-8-7-17(23(24)25)14-20(18)29(26,27)22-10-4-9-21(3)11-12-22;/h5-8,13-14H,4,9-12H2,1-3H3;1H. The highest BCUT2D eigenvalue weighted by Gasteiger charge is 2.30. The fraction of sp³-hybridized carbons (Fsp3) is 0.400. The van der Waals surface area contributed by atoms with E-state index in [4.69, 9.17) is 0 Å². The molecule has 0 atom stereocenters. The van der Waals surface area contributed by atoms with Gasteiger partial charge in [-0.05, 0) is 57.1 Å². The van der Waals surface area contributed by atoms with E-state index >= 15 is 0 Å². The average Bonchev–Trinajstić information content (AvgIpc) is 2.89. The van der Waals surface area contributed by atoms with Gasteiger partial charge >= 0.3 is 0 Å². The van der Waals surface area contributed by atoms with Gasteiger partial charge < -0.3 is 4.90 Å². The Bertz CT molecular complexity index is 1030. The second-order valence-corrected chi connectivity index (χ2v) is 10.3. The smallest absolute Gasteiger partial charge is 0.270 e. The predicted molar refractivity (Wildman–Crippen MR) is 121 cm³/mol. The Balaban J connectivity index is 0.00000320. The van der Waals surface area contributed by atoms with E-state index in [-0.39, 0.29) is 23.0 Å². The van der Waals surface area contributed by atoms with Gasteiger partial charge in [-0.2, -0.15) is 4.31 Å². The lowest BCUT2D eigenvalue weighted by Crippen LogP contribution is -2.34. The van der Waals surface area contributed by atoms with Crippen molar-refractivity contribution in [2.75, 3.05) is 33.2 Å². The lowest BCUT2D eigenvalue weighted by Gasteiger charge is -2.22. The molecule has 0 aromatic heterocycles. The van der Waals surface area contributed by atoms with Gasteiger partial charge in [0.05, 0.1) is 4.92 Å². The molecular weight excluding hydrogens is 446 g/mol. The lowest BCUT2D eigenvalue weighted by molar-refractivity contribution is -0.385. The summed E-state index contributed by atoms with van der Waals surface area (Å²) in [4.78, 5) is 14.3. The zero-order valence-corrected chi connectivity index (χ0v) is 19.6. The maximum Gasteiger partial charge on any atom is 0.270 e. The van der Waals surface area contributed by atoms with Crippen molar-refractivity contribution in [3.05, 3.63) is 57.6 Å². The zero-order valence-electron chi connectivity index (χ0n) is 17.2. The summed E-state index contributed by atoms with van der Waals surface area (Å²) in [6, 6.07) is 10.1. The van der Waals surface area contributed by atoms with Crippen molar-refractivity contribution in [3.8, 4) is 0 Å². The first-order chi connectivity index (χ1) is 13.7. The van der Waals surface area contributed by atoms with Crippen LogP contribution in [0.25, 0.3) is 0 Å². The summed E-state index contributed by atoms with van der Waals surface area (Å²) in [7, 11) is -1.89. The summed E-state index contributed by atoms with van der Waals surface area (Å²) < 4.78 is 28.4. The van der Waals surface area contributed by atoms with Gasteiger partial charge in [-0.15, -0.1) is 12.4 Å². The maximum atomic E-state index is 13.5. The van der Waals surface area contributed by atoms with Gasteiger partial charge in [0.2, 0.25) is 10.0 Å². The molecule has 0 N–H and O–H groups in total. The van der Waals surface area contributed by atoms with Crippen LogP contribution in [0.3, 0.4) is 0 Å². The van der Waals surface area contributed by atoms with E-state index in [9.17, 15) is 18.5 Å². The Hall–Kier alpha value is -1.65. The first-order valence-corrected chi connectivity index (χ1v) is 11.7. The van der Waals surface area contributed by atoms with E-state index in [0.29, 0.717) is 24.5 Å². The molecule has 0 unspecified atom stereocenters. The highest BCUT2D eigenvalue weighted by Crippen LogP contribution is 2.38. The second-order valence-electron chi connectivity index (χ2n) is 7.32. The molecule has 10 heteroatoms. The number of non-ortho nitro benzene ring substituents is 1. The van der Waals surface area contributed by atoms with Crippen molar-refractivity contribution in [2.24, 2.45) is 0 Å². The molecular formula is C20H26ClN3O4S2. The van der Waals surface area contributed by atoms with Crippen LogP contribution in [-0.4, -0.2) is 55.8 Å². The quantitative estimate of drug-likeness (QED) is 0.482. The van der Waals surface area contributed by atoms with Gasteiger partial charge in [-0.3, -0.25) is 10.1 Å². The molecule has 0 saturated carbocycles. The van der Waals surface area contributed by atoms with Crippen LogP contribution in [0, 0.1) is 24.0 Å². The van der Waals surface area contributed by atoms with Crippen molar-refractivity contribution < 1.29 is 13.3 Å². The number of sulfonamides is 1. The van der Waals surface area contributed by atoms with Crippen LogP contribution in [-0.2, 0) is 10.0 Å². The van der Waals surface area contributed by atoms with E-state index in [0.717, 1.165) is 29.0 Å². The molecule has 2 aromatic rings. The minimum absolute atomic E-state index is 0. The van der Waals surface area contributed by atoms with E-state index in [1.165, 1.54) is 28.2 Å². The number of hydrogen-bond acceptors (Lipinski definition) is 6. The number of nitrogens with zero attached hydrogens (tertiary/aromatic N) is 3. The first kappa shape index (κ1) is 24.6. The Morgan fingerprint density at radius 1 is 1.00 bits per heavy atom. The summed E-state index contributed by atoms with van der Waals surface area (Å²) >= 11 is 1.33. The maximum absolute atomic E-state index is 13.5. The van der Waals surface area contributed by atoms with Crippen molar-refractivity contribution in [3.63, 3.8) is 0 Å². The fourth-order valence-electron chi connectivity index (χ4n) is 3.23. The Morgan fingerprint density at radius 3 is 2.43 bits per heavy atom. The topological polar surface area (TPSA) is 83.8 Å². The van der Waals surface area contributed by atoms with Crippen molar-refractivity contribution in [1.29, 1.82) is 0 Å². The molecule has 0 radical (unpaired) electrons. The molecule has 1 fully saturated rings. The number of benzene rings is 2. The van der Waals surface area contributed by atoms with Gasteiger partial charge in [-0.1, -0.05) is 23.9 Å². The third kappa shape index (κ3) is 5.53. The van der Waals surface area contributed by atoms with Gasteiger partial charge in [0, 0.05) is 41.6 Å². The highest BCUT2D eigenvalue weighted by molar-refractivity contribution is 8.00. The molecule has 1 heterocycles. The third-order valence-corrected chi connectivity index (χ3v) is 8.30. The Labute approximate surface area is 188 Å². The van der Waals surface area contributed by atoms with Crippen LogP contribution in [0.5, 0.6) is 0 Å². The molecule has 1 aliphatic rings. The van der Waals surface area contributed by atoms with Crippen molar-refractivity contribution >= 4 is 39.9 Å². The second kappa shape index (κ2) is 10.1. The van der Waals surface area contributed by atoms with Crippen LogP contribution >= 0.6 is 24.2 Å². The van der Waals surface area contributed by atoms with Crippen LogP contribution in [0.15, 0.2) is 51.1 Å². The monoisotopic (exact) mass is 471 g/mol. The predicted octanol–water partition coefficient (Wildman–Crippen LogP) is 4.11. The van der Waals surface area contributed by atoms with E-state index in [1.807, 2.05) is 39.1 Å². The number of hydrogen-bond donors (Lipinski definition) is 0. The number of nitro benzene ring substituents is 1. The van der Waals surface area contributed by atoms with E-state index < -0.39 is 14.9 Å². The highest BCUT2D eigenvalue weighted by atomic mass is 35.5. The van der Waals surface area contributed by atoms with Crippen molar-refractivity contribution in [1.82, 2.24) is 9.21 Å². The normalized spacial score (nSPS) is 16.0. The number of nitro groups is 1. The Morgan fingerprint density at radius 2 is 1.73 bits per heavy atom. The summed E-state index contributed by atoms with van der Waals surface area (Å²) in [5, 5.41) is 11.3. The minimum atomic E-state index is -3.86. The molecule has 3 rings (SSSR count). The minimum Gasteiger partial charge on any atom is -0.305 e. The Kier molecular flexibility index (Phi) is 8.29. The summed E-state index contributed by atoms with van der Waals surface area (Å²) in [5.74, 6) is 0. The fourth-order valence-corrected chi connectivity index (χ4v) is 6.24. The summed E-state index contributed by atoms with van der Waals surface area (Å²) in [6.07, 6.45) is 0.726. The SMILES string of the molecule is Cc1ccc(C)c(Sc2ccc([N+](=O)[O-])cc2S(=O)(=O)N2CCCN(C)CC2)c1.Cl. The molecule has 0 bridgehead atoms.